The van der Waals surface area contributed by atoms with Crippen molar-refractivity contribution in [2.75, 3.05) is 13.2 Å². The van der Waals surface area contributed by atoms with E-state index < -0.39 is 5.60 Å². The Morgan fingerprint density at radius 2 is 2.11 bits per heavy atom. The van der Waals surface area contributed by atoms with Crippen LogP contribution in [0.2, 0.25) is 0 Å². The summed E-state index contributed by atoms with van der Waals surface area (Å²) in [5.41, 5.74) is 1.66. The lowest BCUT2D eigenvalue weighted by molar-refractivity contribution is -0.158. The highest BCUT2D eigenvalue weighted by Gasteiger charge is 2.46. The Morgan fingerprint density at radius 3 is 2.89 bits per heavy atom. The minimum Gasteiger partial charge on any atom is -0.388 e. The van der Waals surface area contributed by atoms with E-state index in [0.29, 0.717) is 19.4 Å². The van der Waals surface area contributed by atoms with Crippen molar-refractivity contribution in [2.45, 2.75) is 50.4 Å². The SMILES string of the molecule is CC1(C)CC(O)(C2NCCc3ccccc32)CCO1. The summed E-state index contributed by atoms with van der Waals surface area (Å²) in [5, 5.41) is 14.7. The van der Waals surface area contributed by atoms with E-state index in [1.165, 1.54) is 11.1 Å². The van der Waals surface area contributed by atoms with E-state index in [4.69, 9.17) is 4.74 Å². The van der Waals surface area contributed by atoms with Crippen LogP contribution in [0.5, 0.6) is 0 Å². The maximum atomic E-state index is 11.1. The van der Waals surface area contributed by atoms with E-state index >= 15 is 0 Å². The first-order valence-electron chi connectivity index (χ1n) is 7.18. The third kappa shape index (κ3) is 2.42. The van der Waals surface area contributed by atoms with Gasteiger partial charge in [-0.15, -0.1) is 0 Å². The van der Waals surface area contributed by atoms with Gasteiger partial charge in [-0.1, -0.05) is 24.3 Å². The standard InChI is InChI=1S/C16H23NO2/c1-15(2)11-16(18,8-10-19-15)14-13-6-4-3-5-12(13)7-9-17-14/h3-6,14,17-18H,7-11H2,1-2H3. The lowest BCUT2D eigenvalue weighted by atomic mass is 9.74. The van der Waals surface area contributed by atoms with Crippen molar-refractivity contribution in [3.63, 3.8) is 0 Å². The molecule has 0 aromatic heterocycles. The fraction of sp³-hybridized carbons (Fsp3) is 0.625. The van der Waals surface area contributed by atoms with E-state index in [0.717, 1.165) is 13.0 Å². The van der Waals surface area contributed by atoms with Crippen LogP contribution >= 0.6 is 0 Å². The molecular weight excluding hydrogens is 238 g/mol. The van der Waals surface area contributed by atoms with Gasteiger partial charge in [0.1, 0.15) is 0 Å². The summed E-state index contributed by atoms with van der Waals surface area (Å²) in [7, 11) is 0. The quantitative estimate of drug-likeness (QED) is 0.814. The van der Waals surface area contributed by atoms with Crippen LogP contribution in [0.25, 0.3) is 0 Å². The average molecular weight is 261 g/mol. The van der Waals surface area contributed by atoms with Crippen LogP contribution in [0.1, 0.15) is 43.9 Å². The summed E-state index contributed by atoms with van der Waals surface area (Å²) in [6.45, 7) is 5.69. The van der Waals surface area contributed by atoms with E-state index in [9.17, 15) is 5.11 Å². The van der Waals surface area contributed by atoms with Crippen LogP contribution in [0.15, 0.2) is 24.3 Å². The van der Waals surface area contributed by atoms with Gasteiger partial charge in [-0.25, -0.2) is 0 Å². The molecule has 1 aromatic carbocycles. The predicted molar refractivity (Wildman–Crippen MR) is 75.1 cm³/mol. The normalized spacial score (nSPS) is 33.7. The molecule has 3 nitrogen and oxygen atoms in total. The van der Waals surface area contributed by atoms with Crippen molar-refractivity contribution in [3.8, 4) is 0 Å². The second kappa shape index (κ2) is 4.58. The molecule has 0 saturated carbocycles. The second-order valence-corrected chi connectivity index (χ2v) is 6.47. The van der Waals surface area contributed by atoms with E-state index in [2.05, 4.69) is 43.4 Å². The molecule has 0 aliphatic carbocycles. The van der Waals surface area contributed by atoms with Gasteiger partial charge in [0.25, 0.3) is 0 Å². The molecule has 2 atom stereocenters. The minimum atomic E-state index is -0.710. The smallest absolute Gasteiger partial charge is 0.0890 e. The number of rotatable bonds is 1. The van der Waals surface area contributed by atoms with Crippen LogP contribution in [0.4, 0.5) is 0 Å². The molecule has 2 aliphatic heterocycles. The molecule has 3 heteroatoms. The Labute approximate surface area is 115 Å². The fourth-order valence-corrected chi connectivity index (χ4v) is 3.61. The van der Waals surface area contributed by atoms with E-state index in [1.807, 2.05) is 0 Å². The summed E-state index contributed by atoms with van der Waals surface area (Å²) in [6.07, 6.45) is 2.41. The number of benzene rings is 1. The molecule has 1 fully saturated rings. The van der Waals surface area contributed by atoms with Gasteiger partial charge in [0.15, 0.2) is 0 Å². The second-order valence-electron chi connectivity index (χ2n) is 6.47. The third-order valence-electron chi connectivity index (χ3n) is 4.41. The first kappa shape index (κ1) is 13.1. The number of fused-ring (bicyclic) bond motifs is 1. The van der Waals surface area contributed by atoms with Crippen LogP contribution < -0.4 is 5.32 Å². The van der Waals surface area contributed by atoms with Gasteiger partial charge in [0.2, 0.25) is 0 Å². The number of aliphatic hydroxyl groups is 1. The van der Waals surface area contributed by atoms with Crippen LogP contribution in [0.3, 0.4) is 0 Å². The van der Waals surface area contributed by atoms with Crippen LogP contribution in [-0.2, 0) is 11.2 Å². The molecule has 2 unspecified atom stereocenters. The molecule has 1 aromatic rings. The summed E-state index contributed by atoms with van der Waals surface area (Å²) < 4.78 is 5.75. The van der Waals surface area contributed by atoms with Crippen molar-refractivity contribution < 1.29 is 9.84 Å². The Balaban J connectivity index is 1.94. The Hall–Kier alpha value is -0.900. The van der Waals surface area contributed by atoms with Crippen LogP contribution in [-0.4, -0.2) is 29.5 Å². The number of nitrogens with one attached hydrogen (secondary N) is 1. The summed E-state index contributed by atoms with van der Waals surface area (Å²) in [6, 6.07) is 8.50. The third-order valence-corrected chi connectivity index (χ3v) is 4.41. The number of hydrogen-bond donors (Lipinski definition) is 2. The lowest BCUT2D eigenvalue weighted by Gasteiger charge is -2.47. The van der Waals surface area contributed by atoms with Gasteiger partial charge < -0.3 is 15.2 Å². The van der Waals surface area contributed by atoms with Gasteiger partial charge in [0, 0.05) is 12.8 Å². The highest BCUT2D eigenvalue weighted by Crippen LogP contribution is 2.42. The van der Waals surface area contributed by atoms with Crippen molar-refractivity contribution in [2.24, 2.45) is 0 Å². The first-order chi connectivity index (χ1) is 9.00. The Bertz CT molecular complexity index is 472. The molecule has 104 valence electrons. The van der Waals surface area contributed by atoms with E-state index in [-0.39, 0.29) is 11.6 Å². The number of ether oxygens (including phenoxy) is 1. The van der Waals surface area contributed by atoms with Gasteiger partial charge in [0.05, 0.1) is 23.9 Å². The van der Waals surface area contributed by atoms with Gasteiger partial charge in [-0.3, -0.25) is 0 Å². The Morgan fingerprint density at radius 1 is 1.32 bits per heavy atom. The molecule has 0 spiro atoms. The van der Waals surface area contributed by atoms with Crippen molar-refractivity contribution in [1.82, 2.24) is 5.32 Å². The largest absolute Gasteiger partial charge is 0.388 e. The zero-order valence-corrected chi connectivity index (χ0v) is 11.8. The van der Waals surface area contributed by atoms with Gasteiger partial charge >= 0.3 is 0 Å². The zero-order valence-electron chi connectivity index (χ0n) is 11.8. The number of hydrogen-bond acceptors (Lipinski definition) is 3. The molecule has 3 rings (SSSR count). The molecule has 0 amide bonds. The summed E-state index contributed by atoms with van der Waals surface area (Å²) in [5.74, 6) is 0. The maximum Gasteiger partial charge on any atom is 0.0890 e. The van der Waals surface area contributed by atoms with Crippen molar-refractivity contribution in [3.05, 3.63) is 35.4 Å². The maximum absolute atomic E-state index is 11.1. The van der Waals surface area contributed by atoms with Crippen molar-refractivity contribution >= 4 is 0 Å². The highest BCUT2D eigenvalue weighted by molar-refractivity contribution is 5.34. The average Bonchev–Trinajstić information content (AvgIpc) is 2.36. The molecule has 19 heavy (non-hydrogen) atoms. The predicted octanol–water partition coefficient (Wildman–Crippen LogP) is 2.19. The molecule has 0 radical (unpaired) electrons. The van der Waals surface area contributed by atoms with Crippen LogP contribution in [0, 0.1) is 0 Å². The van der Waals surface area contributed by atoms with Gasteiger partial charge in [-0.2, -0.15) is 0 Å². The molecular formula is C16H23NO2. The first-order valence-corrected chi connectivity index (χ1v) is 7.18. The zero-order chi connectivity index (χ0) is 13.5. The molecule has 2 aliphatic rings. The monoisotopic (exact) mass is 261 g/mol. The molecule has 2 N–H and O–H groups in total. The molecule has 2 heterocycles. The fourth-order valence-electron chi connectivity index (χ4n) is 3.61. The molecule has 1 saturated heterocycles. The molecule has 0 bridgehead atoms. The van der Waals surface area contributed by atoms with E-state index in [1.54, 1.807) is 0 Å². The summed E-state index contributed by atoms with van der Waals surface area (Å²) >= 11 is 0. The Kier molecular flexibility index (Phi) is 3.16. The lowest BCUT2D eigenvalue weighted by Crippen LogP contribution is -2.54. The topological polar surface area (TPSA) is 41.5 Å². The van der Waals surface area contributed by atoms with Crippen molar-refractivity contribution in [1.29, 1.82) is 0 Å². The highest BCUT2D eigenvalue weighted by atomic mass is 16.5. The minimum absolute atomic E-state index is 0.0284. The van der Waals surface area contributed by atoms with Gasteiger partial charge in [-0.05, 0) is 37.9 Å². The summed E-state index contributed by atoms with van der Waals surface area (Å²) in [4.78, 5) is 0.